The molecular formula is C11H9ClN2O5. The van der Waals surface area contributed by atoms with E-state index in [0.29, 0.717) is 10.0 Å². The predicted octanol–water partition coefficient (Wildman–Crippen LogP) is -0.104. The predicted molar refractivity (Wildman–Crippen MR) is 65.6 cm³/mol. The molecule has 19 heavy (non-hydrogen) atoms. The number of aliphatic hydroxyl groups is 2. The first kappa shape index (κ1) is 13.5. The van der Waals surface area contributed by atoms with Crippen molar-refractivity contribution in [3.8, 4) is 0 Å². The maximum Gasteiger partial charge on any atom is 0.360 e. The Balaban J connectivity index is 2.43. The molecule has 0 atom stereocenters. The Kier molecular flexibility index (Phi) is 3.27. The van der Waals surface area contributed by atoms with Gasteiger partial charge in [0.05, 0.1) is 12.8 Å². The Morgan fingerprint density at radius 1 is 1.37 bits per heavy atom. The molecule has 0 saturated heterocycles. The Morgan fingerprint density at radius 2 is 1.95 bits per heavy atom. The van der Waals surface area contributed by atoms with Gasteiger partial charge in [-0.2, -0.15) is 10.1 Å². The number of anilines is 1. The highest BCUT2D eigenvalue weighted by Gasteiger charge is 2.53. The summed E-state index contributed by atoms with van der Waals surface area (Å²) in [6.45, 7) is 0. The van der Waals surface area contributed by atoms with Crippen molar-refractivity contribution >= 4 is 34.9 Å². The number of halogens is 1. The summed E-state index contributed by atoms with van der Waals surface area (Å²) in [5, 5.41) is 23.9. The van der Waals surface area contributed by atoms with Crippen LogP contribution < -0.4 is 5.01 Å². The monoisotopic (exact) mass is 284 g/mol. The van der Waals surface area contributed by atoms with Crippen molar-refractivity contribution in [2.75, 3.05) is 12.1 Å². The molecule has 2 rings (SSSR count). The van der Waals surface area contributed by atoms with Gasteiger partial charge in [0.2, 0.25) is 5.71 Å². The van der Waals surface area contributed by atoms with E-state index < -0.39 is 23.4 Å². The van der Waals surface area contributed by atoms with Crippen molar-refractivity contribution in [2.24, 2.45) is 5.10 Å². The van der Waals surface area contributed by atoms with Crippen LogP contribution in [0.25, 0.3) is 0 Å². The lowest BCUT2D eigenvalue weighted by atomic mass is 10.1. The van der Waals surface area contributed by atoms with Gasteiger partial charge in [-0.15, -0.1) is 0 Å². The fourth-order valence-electron chi connectivity index (χ4n) is 1.50. The number of ether oxygens (including phenoxy) is 1. The molecule has 1 aliphatic heterocycles. The number of hydrazone groups is 1. The van der Waals surface area contributed by atoms with Crippen LogP contribution >= 0.6 is 11.6 Å². The summed E-state index contributed by atoms with van der Waals surface area (Å²) >= 11 is 5.70. The van der Waals surface area contributed by atoms with Gasteiger partial charge in [-0.1, -0.05) is 11.6 Å². The van der Waals surface area contributed by atoms with Crippen LogP contribution in [0.3, 0.4) is 0 Å². The Morgan fingerprint density at radius 3 is 2.47 bits per heavy atom. The molecule has 1 aromatic carbocycles. The largest absolute Gasteiger partial charge is 0.464 e. The van der Waals surface area contributed by atoms with Gasteiger partial charge < -0.3 is 14.9 Å². The zero-order valence-corrected chi connectivity index (χ0v) is 10.5. The first-order valence-corrected chi connectivity index (χ1v) is 5.48. The minimum atomic E-state index is -3.01. The van der Waals surface area contributed by atoms with Crippen LogP contribution in [0.1, 0.15) is 0 Å². The summed E-state index contributed by atoms with van der Waals surface area (Å²) < 4.78 is 4.33. The molecule has 1 amide bonds. The van der Waals surface area contributed by atoms with Gasteiger partial charge in [0.1, 0.15) is 0 Å². The zero-order chi connectivity index (χ0) is 14.2. The number of hydrogen-bond acceptors (Lipinski definition) is 6. The minimum absolute atomic E-state index is 0.237. The van der Waals surface area contributed by atoms with Gasteiger partial charge in [0, 0.05) is 5.02 Å². The molecule has 0 spiro atoms. The van der Waals surface area contributed by atoms with Crippen LogP contribution in [-0.2, 0) is 14.3 Å². The Labute approximate surface area is 112 Å². The number of esters is 1. The number of carbonyl (C=O) groups excluding carboxylic acids is 2. The van der Waals surface area contributed by atoms with Gasteiger partial charge in [-0.3, -0.25) is 4.79 Å². The molecule has 0 radical (unpaired) electrons. The molecule has 7 nitrogen and oxygen atoms in total. The molecule has 100 valence electrons. The fraction of sp³-hybridized carbons (Fsp3) is 0.182. The van der Waals surface area contributed by atoms with E-state index in [9.17, 15) is 19.8 Å². The lowest BCUT2D eigenvalue weighted by Crippen LogP contribution is -2.49. The fourth-order valence-corrected chi connectivity index (χ4v) is 1.63. The quantitative estimate of drug-likeness (QED) is 0.583. The molecule has 1 aliphatic rings. The number of hydrogen-bond donors (Lipinski definition) is 2. The molecule has 1 heterocycles. The number of benzene rings is 1. The van der Waals surface area contributed by atoms with E-state index in [1.165, 1.54) is 24.3 Å². The maximum atomic E-state index is 11.8. The van der Waals surface area contributed by atoms with Crippen molar-refractivity contribution in [1.82, 2.24) is 0 Å². The van der Waals surface area contributed by atoms with E-state index in [-0.39, 0.29) is 5.69 Å². The summed E-state index contributed by atoms with van der Waals surface area (Å²) in [5.74, 6) is -5.28. The number of carbonyl (C=O) groups is 2. The molecule has 1 aromatic rings. The zero-order valence-electron chi connectivity index (χ0n) is 9.70. The number of methoxy groups -OCH3 is 1. The van der Waals surface area contributed by atoms with Gasteiger partial charge in [-0.25, -0.2) is 4.79 Å². The van der Waals surface area contributed by atoms with Crippen molar-refractivity contribution in [3.05, 3.63) is 29.3 Å². The van der Waals surface area contributed by atoms with Crippen LogP contribution in [-0.4, -0.2) is 40.7 Å². The Bertz CT molecular complexity index is 567. The van der Waals surface area contributed by atoms with Crippen molar-refractivity contribution < 1.29 is 24.5 Å². The van der Waals surface area contributed by atoms with Crippen molar-refractivity contribution in [3.63, 3.8) is 0 Å². The van der Waals surface area contributed by atoms with Crippen molar-refractivity contribution in [2.45, 2.75) is 5.79 Å². The highest BCUT2D eigenvalue weighted by molar-refractivity contribution is 6.46. The van der Waals surface area contributed by atoms with E-state index >= 15 is 0 Å². The van der Waals surface area contributed by atoms with Crippen LogP contribution in [0.2, 0.25) is 5.02 Å². The van der Waals surface area contributed by atoms with Crippen LogP contribution in [0.15, 0.2) is 29.4 Å². The van der Waals surface area contributed by atoms with Crippen LogP contribution in [0.4, 0.5) is 5.69 Å². The first-order valence-electron chi connectivity index (χ1n) is 5.10. The van der Waals surface area contributed by atoms with E-state index in [4.69, 9.17) is 11.6 Å². The number of amides is 1. The van der Waals surface area contributed by atoms with Gasteiger partial charge in [0.25, 0.3) is 0 Å². The third-order valence-corrected chi connectivity index (χ3v) is 2.72. The second-order valence-electron chi connectivity index (χ2n) is 3.71. The van der Waals surface area contributed by atoms with Gasteiger partial charge >= 0.3 is 17.7 Å². The van der Waals surface area contributed by atoms with Gasteiger partial charge in [0.15, 0.2) is 0 Å². The standard InChI is InChI=1S/C11H9ClN2O5/c1-19-9(15)8-11(17,18)10(16)14(13-8)7-4-2-6(12)3-5-7/h2-5,17-18H,1H3. The molecule has 0 aromatic heterocycles. The summed E-state index contributed by atoms with van der Waals surface area (Å²) in [4.78, 5) is 23.1. The second-order valence-corrected chi connectivity index (χ2v) is 4.14. The molecule has 8 heteroatoms. The summed E-state index contributed by atoms with van der Waals surface area (Å²) in [6.07, 6.45) is 0. The lowest BCUT2D eigenvalue weighted by molar-refractivity contribution is -0.159. The molecule has 0 fully saturated rings. The summed E-state index contributed by atoms with van der Waals surface area (Å²) in [7, 11) is 1.04. The van der Waals surface area contributed by atoms with E-state index in [2.05, 4.69) is 9.84 Å². The molecule has 0 aliphatic carbocycles. The van der Waals surface area contributed by atoms with Gasteiger partial charge in [-0.05, 0) is 24.3 Å². The Hall–Kier alpha value is -1.96. The summed E-state index contributed by atoms with van der Waals surface area (Å²) in [5.41, 5.74) is -0.560. The lowest BCUT2D eigenvalue weighted by Gasteiger charge is -2.16. The number of rotatable bonds is 2. The average molecular weight is 285 g/mol. The van der Waals surface area contributed by atoms with E-state index in [0.717, 1.165) is 7.11 Å². The van der Waals surface area contributed by atoms with Crippen LogP contribution in [0.5, 0.6) is 0 Å². The molecule has 0 bridgehead atoms. The third kappa shape index (κ3) is 2.19. The average Bonchev–Trinajstić information content (AvgIpc) is 2.62. The normalized spacial score (nSPS) is 17.4. The third-order valence-electron chi connectivity index (χ3n) is 2.47. The molecule has 0 unspecified atom stereocenters. The smallest absolute Gasteiger partial charge is 0.360 e. The van der Waals surface area contributed by atoms with E-state index in [1.54, 1.807) is 0 Å². The van der Waals surface area contributed by atoms with Crippen LogP contribution in [0, 0.1) is 0 Å². The first-order chi connectivity index (χ1) is 8.87. The molecule has 2 N–H and O–H groups in total. The minimum Gasteiger partial charge on any atom is -0.464 e. The van der Waals surface area contributed by atoms with Crippen molar-refractivity contribution in [1.29, 1.82) is 0 Å². The second kappa shape index (κ2) is 4.61. The maximum absolute atomic E-state index is 11.8. The number of nitrogens with zero attached hydrogens (tertiary/aromatic N) is 2. The SMILES string of the molecule is COC(=O)C1=NN(c2ccc(Cl)cc2)C(=O)C1(O)O. The highest BCUT2D eigenvalue weighted by atomic mass is 35.5. The molecule has 0 saturated carbocycles. The topological polar surface area (TPSA) is 99.4 Å². The highest BCUT2D eigenvalue weighted by Crippen LogP contribution is 2.26. The molecular weight excluding hydrogens is 276 g/mol. The summed E-state index contributed by atoms with van der Waals surface area (Å²) in [6, 6.07) is 5.87. The van der Waals surface area contributed by atoms with E-state index in [1.807, 2.05) is 0 Å².